The first-order valence-electron chi connectivity index (χ1n) is 4.28. The lowest BCUT2D eigenvalue weighted by Crippen LogP contribution is -2.38. The fourth-order valence-corrected chi connectivity index (χ4v) is 1.29. The van der Waals surface area contributed by atoms with E-state index in [9.17, 15) is 9.59 Å². The Morgan fingerprint density at radius 3 is 2.07 bits per heavy atom. The third kappa shape index (κ3) is 4.59. The molecule has 0 aromatic carbocycles. The van der Waals surface area contributed by atoms with E-state index >= 15 is 0 Å². The summed E-state index contributed by atoms with van der Waals surface area (Å²) in [5.74, 6) is -2.08. The number of alkyl halides is 1. The van der Waals surface area contributed by atoms with Gasteiger partial charge in [0.25, 0.3) is 0 Å². The molecule has 15 heavy (non-hydrogen) atoms. The minimum absolute atomic E-state index is 0.00686. The second kappa shape index (κ2) is 6.76. The zero-order chi connectivity index (χ0) is 11.9. The Morgan fingerprint density at radius 2 is 1.73 bits per heavy atom. The van der Waals surface area contributed by atoms with Crippen molar-refractivity contribution in [3.63, 3.8) is 0 Å². The molecule has 0 atom stereocenters. The molecule has 0 bridgehead atoms. The van der Waals surface area contributed by atoms with Crippen molar-refractivity contribution in [3.8, 4) is 0 Å². The minimum atomic E-state index is -1.16. The lowest BCUT2D eigenvalue weighted by atomic mass is 10.1. The van der Waals surface area contributed by atoms with E-state index in [1.165, 1.54) is 21.3 Å². The van der Waals surface area contributed by atoms with Crippen molar-refractivity contribution in [2.45, 2.75) is 18.6 Å². The molecule has 6 heteroatoms. The number of methoxy groups -OCH3 is 3. The summed E-state index contributed by atoms with van der Waals surface area (Å²) in [5.41, 5.74) is 0. The molecule has 0 aromatic rings. The first-order valence-corrected chi connectivity index (χ1v) is 4.81. The topological polar surface area (TPSA) is 61.8 Å². The number of halogens is 1. The summed E-state index contributed by atoms with van der Waals surface area (Å²) in [7, 11) is 3.99. The van der Waals surface area contributed by atoms with Crippen LogP contribution in [0, 0.1) is 0 Å². The van der Waals surface area contributed by atoms with Crippen LogP contribution >= 0.6 is 11.6 Å². The van der Waals surface area contributed by atoms with Crippen molar-refractivity contribution in [1.82, 2.24) is 0 Å². The lowest BCUT2D eigenvalue weighted by molar-refractivity contribution is -0.195. The molecule has 0 unspecified atom stereocenters. The number of Topliss-reactive ketones (excluding diaryl/α,β-unsaturated/α-hetero) is 1. The Morgan fingerprint density at radius 1 is 1.20 bits per heavy atom. The van der Waals surface area contributed by atoms with Crippen molar-refractivity contribution in [2.24, 2.45) is 0 Å². The normalized spacial score (nSPS) is 11.2. The molecule has 0 aliphatic carbocycles. The average molecular weight is 239 g/mol. The molecule has 0 spiro atoms. The Balaban J connectivity index is 4.29. The van der Waals surface area contributed by atoms with Gasteiger partial charge >= 0.3 is 5.97 Å². The first kappa shape index (κ1) is 14.3. The molecule has 0 radical (unpaired) electrons. The molecule has 0 saturated heterocycles. The largest absolute Gasteiger partial charge is 0.469 e. The molecule has 88 valence electrons. The Kier molecular flexibility index (Phi) is 6.47. The van der Waals surface area contributed by atoms with Crippen molar-refractivity contribution in [1.29, 1.82) is 0 Å². The third-order valence-electron chi connectivity index (χ3n) is 1.98. The number of ether oxygens (including phenoxy) is 3. The molecular formula is C9H15ClO5. The number of rotatable bonds is 7. The fraction of sp³-hybridized carbons (Fsp3) is 0.778. The maximum Gasteiger partial charge on any atom is 0.313 e. The Bertz CT molecular complexity index is 216. The van der Waals surface area contributed by atoms with Crippen molar-refractivity contribution >= 4 is 23.4 Å². The summed E-state index contributed by atoms with van der Waals surface area (Å²) in [5, 5.41) is 0. The van der Waals surface area contributed by atoms with E-state index < -0.39 is 11.8 Å². The minimum Gasteiger partial charge on any atom is -0.469 e. The van der Waals surface area contributed by atoms with E-state index in [-0.39, 0.29) is 24.5 Å². The Labute approximate surface area is 93.6 Å². The Hall–Kier alpha value is -0.650. The van der Waals surface area contributed by atoms with E-state index in [2.05, 4.69) is 4.74 Å². The molecule has 0 aromatic heterocycles. The van der Waals surface area contributed by atoms with Crippen LogP contribution in [0.25, 0.3) is 0 Å². The maximum atomic E-state index is 11.4. The van der Waals surface area contributed by atoms with Crippen LogP contribution < -0.4 is 0 Å². The second-order valence-corrected chi connectivity index (χ2v) is 3.19. The van der Waals surface area contributed by atoms with Crippen LogP contribution in [0.1, 0.15) is 12.8 Å². The molecule has 0 amide bonds. The molecule has 0 aliphatic rings. The standard InChI is InChI=1S/C9H15ClO5/c1-13-8(12)4-7(11)5-9(6-10,14-2)15-3/h4-6H2,1-3H3. The zero-order valence-electron chi connectivity index (χ0n) is 9.04. The van der Waals surface area contributed by atoms with Gasteiger partial charge in [-0.1, -0.05) is 0 Å². The van der Waals surface area contributed by atoms with Gasteiger partial charge in [-0.25, -0.2) is 0 Å². The van der Waals surface area contributed by atoms with Gasteiger partial charge in [0, 0.05) is 14.2 Å². The SMILES string of the molecule is COC(=O)CC(=O)CC(CCl)(OC)OC. The summed E-state index contributed by atoms with van der Waals surface area (Å²) in [6.07, 6.45) is -0.388. The maximum absolute atomic E-state index is 11.4. The molecule has 0 N–H and O–H groups in total. The highest BCUT2D eigenvalue weighted by Crippen LogP contribution is 2.19. The van der Waals surface area contributed by atoms with Crippen molar-refractivity contribution in [2.75, 3.05) is 27.2 Å². The zero-order valence-corrected chi connectivity index (χ0v) is 9.80. The van der Waals surface area contributed by atoms with Crippen LogP contribution in [0.3, 0.4) is 0 Å². The van der Waals surface area contributed by atoms with Gasteiger partial charge in [0.1, 0.15) is 12.2 Å². The van der Waals surface area contributed by atoms with Gasteiger partial charge in [-0.3, -0.25) is 9.59 Å². The first-order chi connectivity index (χ1) is 7.03. The van der Waals surface area contributed by atoms with Gasteiger partial charge in [0.2, 0.25) is 0 Å². The van der Waals surface area contributed by atoms with Crippen molar-refractivity contribution < 1.29 is 23.8 Å². The molecule has 0 heterocycles. The molecule has 5 nitrogen and oxygen atoms in total. The van der Waals surface area contributed by atoms with Gasteiger partial charge in [-0.2, -0.15) is 0 Å². The van der Waals surface area contributed by atoms with E-state index in [0.29, 0.717) is 0 Å². The number of hydrogen-bond acceptors (Lipinski definition) is 5. The summed E-state index contributed by atoms with van der Waals surface area (Å²) in [4.78, 5) is 22.2. The van der Waals surface area contributed by atoms with E-state index in [4.69, 9.17) is 21.1 Å². The molecule has 0 aliphatic heterocycles. The molecule has 0 fully saturated rings. The van der Waals surface area contributed by atoms with Gasteiger partial charge in [-0.15, -0.1) is 11.6 Å². The summed E-state index contributed by atoms with van der Waals surface area (Å²) < 4.78 is 14.4. The van der Waals surface area contributed by atoms with Crippen LogP contribution in [-0.4, -0.2) is 44.7 Å². The summed E-state index contributed by atoms with van der Waals surface area (Å²) >= 11 is 5.62. The van der Waals surface area contributed by atoms with Crippen LogP contribution in [0.4, 0.5) is 0 Å². The highest BCUT2D eigenvalue weighted by molar-refractivity contribution is 6.18. The lowest BCUT2D eigenvalue weighted by Gasteiger charge is -2.27. The number of esters is 1. The van der Waals surface area contributed by atoms with Gasteiger partial charge in [0.05, 0.1) is 19.4 Å². The number of carbonyl (C=O) groups excluding carboxylic acids is 2. The third-order valence-corrected chi connectivity index (χ3v) is 2.39. The highest BCUT2D eigenvalue weighted by atomic mass is 35.5. The van der Waals surface area contributed by atoms with Crippen LogP contribution in [0.15, 0.2) is 0 Å². The number of ketones is 1. The van der Waals surface area contributed by atoms with Gasteiger partial charge in [-0.05, 0) is 0 Å². The smallest absolute Gasteiger partial charge is 0.313 e. The second-order valence-electron chi connectivity index (χ2n) is 2.92. The predicted octanol–water partition coefficient (Wildman–Crippen LogP) is 0.737. The van der Waals surface area contributed by atoms with Gasteiger partial charge in [0.15, 0.2) is 5.79 Å². The summed E-state index contributed by atoms with van der Waals surface area (Å²) in [6, 6.07) is 0. The van der Waals surface area contributed by atoms with E-state index in [1.54, 1.807) is 0 Å². The number of carbonyl (C=O) groups is 2. The fourth-order valence-electron chi connectivity index (χ4n) is 0.980. The van der Waals surface area contributed by atoms with Crippen LogP contribution in [-0.2, 0) is 23.8 Å². The predicted molar refractivity (Wildman–Crippen MR) is 53.7 cm³/mol. The quantitative estimate of drug-likeness (QED) is 0.283. The van der Waals surface area contributed by atoms with Crippen LogP contribution in [0.2, 0.25) is 0 Å². The van der Waals surface area contributed by atoms with E-state index in [0.717, 1.165) is 0 Å². The molecular weight excluding hydrogens is 224 g/mol. The molecule has 0 saturated carbocycles. The summed E-state index contributed by atoms with van der Waals surface area (Å²) in [6.45, 7) is 0. The van der Waals surface area contributed by atoms with Crippen LogP contribution in [0.5, 0.6) is 0 Å². The van der Waals surface area contributed by atoms with Crippen molar-refractivity contribution in [3.05, 3.63) is 0 Å². The van der Waals surface area contributed by atoms with Gasteiger partial charge < -0.3 is 14.2 Å². The highest BCUT2D eigenvalue weighted by Gasteiger charge is 2.32. The monoisotopic (exact) mass is 238 g/mol. The average Bonchev–Trinajstić information content (AvgIpc) is 2.26. The molecule has 0 rings (SSSR count). The number of hydrogen-bond donors (Lipinski definition) is 0. The van der Waals surface area contributed by atoms with E-state index in [1.807, 2.05) is 0 Å².